The molecule has 0 unspecified atom stereocenters. The number of rotatable bonds is 2. The number of nitrogens with two attached hydrogens (primary N) is 1. The van der Waals surface area contributed by atoms with Gasteiger partial charge >= 0.3 is 0 Å². The molecule has 3 nitrogen and oxygen atoms in total. The van der Waals surface area contributed by atoms with Gasteiger partial charge in [0.2, 0.25) is 0 Å². The summed E-state index contributed by atoms with van der Waals surface area (Å²) in [6.45, 7) is 2.28. The Morgan fingerprint density at radius 1 is 1.58 bits per heavy atom. The van der Waals surface area contributed by atoms with Gasteiger partial charge in [0.05, 0.1) is 11.6 Å². The lowest BCUT2D eigenvalue weighted by molar-refractivity contribution is 0.318. The summed E-state index contributed by atoms with van der Waals surface area (Å²) < 4.78 is 5.08. The number of phenols is 1. The molecular weight excluding hydrogens is 178 g/mol. The molecule has 0 bridgehead atoms. The normalized spacial score (nSPS) is 9.83. The van der Waals surface area contributed by atoms with Crippen LogP contribution in [0.5, 0.6) is 11.5 Å². The van der Waals surface area contributed by atoms with E-state index < -0.39 is 0 Å². The molecule has 1 aromatic carbocycles. The number of benzene rings is 1. The molecule has 66 valence electrons. The van der Waals surface area contributed by atoms with Crippen LogP contribution >= 0.6 is 11.6 Å². The average Bonchev–Trinajstić information content (AvgIpc) is 2.00. The van der Waals surface area contributed by atoms with Crippen molar-refractivity contribution in [3.05, 3.63) is 17.2 Å². The van der Waals surface area contributed by atoms with Crippen molar-refractivity contribution in [2.24, 2.45) is 0 Å². The molecule has 0 atom stereocenters. The van der Waals surface area contributed by atoms with Crippen molar-refractivity contribution in [3.63, 3.8) is 0 Å². The van der Waals surface area contributed by atoms with Gasteiger partial charge in [0.25, 0.3) is 0 Å². The van der Waals surface area contributed by atoms with Gasteiger partial charge in [0.15, 0.2) is 11.5 Å². The standard InChI is InChI=1S/C8H10ClNO2/c1-2-12-7-4-5(10)3-6(9)8(7)11/h3-4,11H,2,10H2,1H3. The van der Waals surface area contributed by atoms with Crippen molar-refractivity contribution in [2.75, 3.05) is 12.3 Å². The van der Waals surface area contributed by atoms with Crippen LogP contribution in [0.15, 0.2) is 12.1 Å². The molecule has 0 aliphatic rings. The zero-order valence-corrected chi connectivity index (χ0v) is 7.43. The maximum absolute atomic E-state index is 9.34. The number of aromatic hydroxyl groups is 1. The maximum Gasteiger partial charge on any atom is 0.176 e. The van der Waals surface area contributed by atoms with Crippen molar-refractivity contribution < 1.29 is 9.84 Å². The van der Waals surface area contributed by atoms with Gasteiger partial charge in [-0.2, -0.15) is 0 Å². The average molecular weight is 188 g/mol. The van der Waals surface area contributed by atoms with Crippen molar-refractivity contribution >= 4 is 17.3 Å². The Balaban J connectivity index is 3.09. The van der Waals surface area contributed by atoms with Crippen LogP contribution in [-0.2, 0) is 0 Å². The largest absolute Gasteiger partial charge is 0.503 e. The molecular formula is C8H10ClNO2. The van der Waals surface area contributed by atoms with E-state index in [0.717, 1.165) is 0 Å². The topological polar surface area (TPSA) is 55.5 Å². The maximum atomic E-state index is 9.34. The van der Waals surface area contributed by atoms with Gasteiger partial charge in [-0.15, -0.1) is 0 Å². The van der Waals surface area contributed by atoms with E-state index in [0.29, 0.717) is 18.0 Å². The molecule has 0 saturated heterocycles. The highest BCUT2D eigenvalue weighted by molar-refractivity contribution is 6.32. The van der Waals surface area contributed by atoms with Gasteiger partial charge in [-0.25, -0.2) is 0 Å². The third-order valence-electron chi connectivity index (χ3n) is 1.35. The van der Waals surface area contributed by atoms with Crippen LogP contribution < -0.4 is 10.5 Å². The van der Waals surface area contributed by atoms with Crippen LogP contribution in [0.2, 0.25) is 5.02 Å². The Morgan fingerprint density at radius 3 is 2.83 bits per heavy atom. The molecule has 4 heteroatoms. The van der Waals surface area contributed by atoms with Crippen LogP contribution in [0.1, 0.15) is 6.92 Å². The first-order valence-electron chi connectivity index (χ1n) is 3.56. The van der Waals surface area contributed by atoms with E-state index in [2.05, 4.69) is 0 Å². The Bertz CT molecular complexity index is 289. The first-order valence-corrected chi connectivity index (χ1v) is 3.93. The highest BCUT2D eigenvalue weighted by Gasteiger charge is 2.07. The Kier molecular flexibility index (Phi) is 2.65. The minimum absolute atomic E-state index is 0.0623. The van der Waals surface area contributed by atoms with Crippen LogP contribution in [0.4, 0.5) is 5.69 Å². The molecule has 3 N–H and O–H groups in total. The molecule has 1 aromatic rings. The fourth-order valence-electron chi connectivity index (χ4n) is 0.859. The number of ether oxygens (including phenoxy) is 1. The summed E-state index contributed by atoms with van der Waals surface area (Å²) >= 11 is 5.64. The van der Waals surface area contributed by atoms with Crippen LogP contribution in [0.25, 0.3) is 0 Å². The number of nitrogen functional groups attached to an aromatic ring is 1. The number of hydrogen-bond donors (Lipinski definition) is 2. The first-order chi connectivity index (χ1) is 5.65. The summed E-state index contributed by atoms with van der Waals surface area (Å²) in [5, 5.41) is 9.55. The fraction of sp³-hybridized carbons (Fsp3) is 0.250. The van der Waals surface area contributed by atoms with Gasteiger partial charge in [-0.3, -0.25) is 0 Å². The molecule has 0 radical (unpaired) electrons. The Hall–Kier alpha value is -1.09. The summed E-state index contributed by atoms with van der Waals surface area (Å²) in [6, 6.07) is 3.00. The van der Waals surface area contributed by atoms with E-state index in [-0.39, 0.29) is 10.8 Å². The number of phenolic OH excluding ortho intramolecular Hbond substituents is 1. The fourth-order valence-corrected chi connectivity index (χ4v) is 1.08. The lowest BCUT2D eigenvalue weighted by Gasteiger charge is -2.07. The van der Waals surface area contributed by atoms with Crippen molar-refractivity contribution in [2.45, 2.75) is 6.92 Å². The van der Waals surface area contributed by atoms with E-state index >= 15 is 0 Å². The number of halogens is 1. The second kappa shape index (κ2) is 3.54. The summed E-state index contributed by atoms with van der Waals surface area (Å²) in [5.74, 6) is 0.259. The molecule has 0 fully saturated rings. The summed E-state index contributed by atoms with van der Waals surface area (Å²) in [7, 11) is 0. The highest BCUT2D eigenvalue weighted by Crippen LogP contribution is 2.35. The monoisotopic (exact) mass is 187 g/mol. The molecule has 0 aliphatic heterocycles. The molecule has 0 aliphatic carbocycles. The van der Waals surface area contributed by atoms with E-state index in [4.69, 9.17) is 22.1 Å². The minimum Gasteiger partial charge on any atom is -0.503 e. The van der Waals surface area contributed by atoms with Crippen LogP contribution in [0, 0.1) is 0 Å². The summed E-state index contributed by atoms with van der Waals surface area (Å²) in [6.07, 6.45) is 0. The lowest BCUT2D eigenvalue weighted by Crippen LogP contribution is -1.94. The van der Waals surface area contributed by atoms with E-state index in [1.54, 1.807) is 0 Å². The molecule has 1 rings (SSSR count). The Morgan fingerprint density at radius 2 is 2.25 bits per heavy atom. The SMILES string of the molecule is CCOc1cc(N)cc(Cl)c1O. The zero-order valence-electron chi connectivity index (χ0n) is 6.67. The Labute approximate surface area is 75.7 Å². The number of hydrogen-bond acceptors (Lipinski definition) is 3. The summed E-state index contributed by atoms with van der Waals surface area (Å²) in [5.41, 5.74) is 5.96. The molecule has 0 amide bonds. The predicted octanol–water partition coefficient (Wildman–Crippen LogP) is 2.03. The van der Waals surface area contributed by atoms with Crippen LogP contribution in [-0.4, -0.2) is 11.7 Å². The van der Waals surface area contributed by atoms with Gasteiger partial charge in [-0.1, -0.05) is 11.6 Å². The van der Waals surface area contributed by atoms with Gasteiger partial charge in [-0.05, 0) is 13.0 Å². The van der Waals surface area contributed by atoms with Gasteiger partial charge in [0, 0.05) is 11.8 Å². The smallest absolute Gasteiger partial charge is 0.176 e. The van der Waals surface area contributed by atoms with Crippen molar-refractivity contribution in [1.82, 2.24) is 0 Å². The second-order valence-corrected chi connectivity index (χ2v) is 2.69. The molecule has 0 heterocycles. The van der Waals surface area contributed by atoms with Crippen molar-refractivity contribution in [1.29, 1.82) is 0 Å². The first kappa shape index (κ1) is 9.00. The van der Waals surface area contributed by atoms with E-state index in [1.165, 1.54) is 12.1 Å². The zero-order chi connectivity index (χ0) is 9.14. The van der Waals surface area contributed by atoms with Crippen LogP contribution in [0.3, 0.4) is 0 Å². The molecule has 0 spiro atoms. The van der Waals surface area contributed by atoms with Crippen molar-refractivity contribution in [3.8, 4) is 11.5 Å². The highest BCUT2D eigenvalue weighted by atomic mass is 35.5. The quantitative estimate of drug-likeness (QED) is 0.550. The summed E-state index contributed by atoms with van der Waals surface area (Å²) in [4.78, 5) is 0. The van der Waals surface area contributed by atoms with Gasteiger partial charge in [0.1, 0.15) is 0 Å². The van der Waals surface area contributed by atoms with Gasteiger partial charge < -0.3 is 15.6 Å². The number of anilines is 1. The van der Waals surface area contributed by atoms with E-state index in [9.17, 15) is 5.11 Å². The lowest BCUT2D eigenvalue weighted by atomic mass is 10.3. The minimum atomic E-state index is -0.0623. The molecule has 0 aromatic heterocycles. The predicted molar refractivity (Wildman–Crippen MR) is 48.7 cm³/mol. The third-order valence-corrected chi connectivity index (χ3v) is 1.64. The molecule has 12 heavy (non-hydrogen) atoms. The third kappa shape index (κ3) is 1.74. The molecule has 0 saturated carbocycles. The van der Waals surface area contributed by atoms with E-state index in [1.807, 2.05) is 6.92 Å². The second-order valence-electron chi connectivity index (χ2n) is 2.28.